The van der Waals surface area contributed by atoms with E-state index in [0.717, 1.165) is 37.0 Å². The molecule has 2 nitrogen and oxygen atoms in total. The Morgan fingerprint density at radius 1 is 0.870 bits per heavy atom. The van der Waals surface area contributed by atoms with E-state index in [1.807, 2.05) is 6.92 Å². The summed E-state index contributed by atoms with van der Waals surface area (Å²) in [6, 6.07) is 0. The molecule has 0 bridgehead atoms. The molecule has 23 heavy (non-hydrogen) atoms. The predicted molar refractivity (Wildman–Crippen MR) is 92.1 cm³/mol. The van der Waals surface area contributed by atoms with Gasteiger partial charge in [-0.1, -0.05) is 26.7 Å². The smallest absolute Gasteiger partial charge is 0.309 e. The second-order valence-corrected chi connectivity index (χ2v) is 10.0. The Morgan fingerprint density at radius 3 is 2.35 bits per heavy atom. The van der Waals surface area contributed by atoms with Gasteiger partial charge < -0.3 is 5.11 Å². The first kappa shape index (κ1) is 16.0. The van der Waals surface area contributed by atoms with Crippen molar-refractivity contribution in [3.63, 3.8) is 0 Å². The molecule has 1 N–H and O–H groups in total. The maximum atomic E-state index is 12.0. The number of hydrogen-bond acceptors (Lipinski definition) is 1. The van der Waals surface area contributed by atoms with E-state index in [1.54, 1.807) is 0 Å². The van der Waals surface area contributed by atoms with Crippen LogP contribution in [0.25, 0.3) is 0 Å². The van der Waals surface area contributed by atoms with Gasteiger partial charge in [0.05, 0.1) is 5.41 Å². The summed E-state index contributed by atoms with van der Waals surface area (Å²) in [7, 11) is 0. The summed E-state index contributed by atoms with van der Waals surface area (Å²) >= 11 is 0. The Bertz CT molecular complexity index is 514. The van der Waals surface area contributed by atoms with Gasteiger partial charge in [-0.05, 0) is 92.8 Å². The maximum Gasteiger partial charge on any atom is 0.309 e. The summed E-state index contributed by atoms with van der Waals surface area (Å²) in [5, 5.41) is 9.91. The summed E-state index contributed by atoms with van der Waals surface area (Å²) in [5.41, 5.74) is 0.0928. The molecule has 0 saturated heterocycles. The van der Waals surface area contributed by atoms with E-state index in [9.17, 15) is 9.90 Å². The Morgan fingerprint density at radius 2 is 1.61 bits per heavy atom. The van der Waals surface area contributed by atoms with Crippen LogP contribution in [0.15, 0.2) is 0 Å². The molecule has 130 valence electrons. The van der Waals surface area contributed by atoms with Crippen LogP contribution in [-0.2, 0) is 4.79 Å². The van der Waals surface area contributed by atoms with Crippen molar-refractivity contribution in [2.45, 2.75) is 85.0 Å². The number of fused-ring (bicyclic) bond motifs is 5. The number of carbonyl (C=O) groups is 1. The van der Waals surface area contributed by atoms with E-state index in [1.165, 1.54) is 44.9 Å². The minimum Gasteiger partial charge on any atom is -0.481 e. The van der Waals surface area contributed by atoms with E-state index in [2.05, 4.69) is 13.8 Å². The highest BCUT2D eigenvalue weighted by molar-refractivity contribution is 5.76. The van der Waals surface area contributed by atoms with Crippen LogP contribution in [0.1, 0.15) is 85.0 Å². The van der Waals surface area contributed by atoms with Crippen molar-refractivity contribution in [1.29, 1.82) is 0 Å². The quantitative estimate of drug-likeness (QED) is 0.692. The summed E-state index contributed by atoms with van der Waals surface area (Å²) in [6.45, 7) is 6.97. The Kier molecular flexibility index (Phi) is 3.46. The molecule has 0 radical (unpaired) electrons. The van der Waals surface area contributed by atoms with Crippen LogP contribution in [0, 0.1) is 39.9 Å². The van der Waals surface area contributed by atoms with Crippen LogP contribution < -0.4 is 0 Å². The highest BCUT2D eigenvalue weighted by Crippen LogP contribution is 2.70. The molecule has 0 heterocycles. The molecular formula is C21H34O2. The molecule has 7 atom stereocenters. The van der Waals surface area contributed by atoms with Gasteiger partial charge in [-0.2, -0.15) is 0 Å². The first-order valence-electron chi connectivity index (χ1n) is 10.1. The minimum atomic E-state index is -0.543. The van der Waals surface area contributed by atoms with Crippen molar-refractivity contribution < 1.29 is 9.90 Å². The second-order valence-electron chi connectivity index (χ2n) is 10.0. The van der Waals surface area contributed by atoms with Crippen LogP contribution in [-0.4, -0.2) is 11.1 Å². The third kappa shape index (κ3) is 1.90. The van der Waals surface area contributed by atoms with E-state index < -0.39 is 11.4 Å². The first-order chi connectivity index (χ1) is 10.8. The molecule has 2 heteroatoms. The van der Waals surface area contributed by atoms with Gasteiger partial charge >= 0.3 is 5.97 Å². The Balaban J connectivity index is 1.67. The third-order valence-corrected chi connectivity index (χ3v) is 9.66. The lowest BCUT2D eigenvalue weighted by atomic mass is 9.44. The Hall–Kier alpha value is -0.530. The number of carboxylic acids is 1. The molecule has 0 spiro atoms. The van der Waals surface area contributed by atoms with Crippen LogP contribution in [0.3, 0.4) is 0 Å². The van der Waals surface area contributed by atoms with Crippen molar-refractivity contribution >= 4 is 5.97 Å². The molecule has 0 aliphatic heterocycles. The van der Waals surface area contributed by atoms with Crippen molar-refractivity contribution in [1.82, 2.24) is 0 Å². The predicted octanol–water partition coefficient (Wildman–Crippen LogP) is 5.51. The van der Waals surface area contributed by atoms with Gasteiger partial charge in [-0.25, -0.2) is 0 Å². The molecule has 4 aliphatic carbocycles. The zero-order valence-electron chi connectivity index (χ0n) is 15.2. The average Bonchev–Trinajstić information content (AvgIpc) is 2.80. The summed E-state index contributed by atoms with van der Waals surface area (Å²) in [5.74, 6) is 2.74. The molecule has 4 fully saturated rings. The summed E-state index contributed by atoms with van der Waals surface area (Å²) in [6.07, 6.45) is 13.0. The van der Waals surface area contributed by atoms with Crippen LogP contribution >= 0.6 is 0 Å². The molecule has 2 unspecified atom stereocenters. The topological polar surface area (TPSA) is 37.3 Å². The number of carboxylic acid groups (broad SMARTS) is 1. The molecule has 4 rings (SSSR count). The van der Waals surface area contributed by atoms with Crippen molar-refractivity contribution in [3.8, 4) is 0 Å². The highest BCUT2D eigenvalue weighted by atomic mass is 16.4. The van der Waals surface area contributed by atoms with Crippen LogP contribution in [0.2, 0.25) is 0 Å². The SMILES string of the molecule is CC1(C(=O)O)CC[C@H]2[C@@H]3CCC4CCCC[C@]4(C)[C@@H]3CC[C@@]21C. The van der Waals surface area contributed by atoms with Gasteiger partial charge in [0.15, 0.2) is 0 Å². The average molecular weight is 319 g/mol. The first-order valence-corrected chi connectivity index (χ1v) is 10.1. The monoisotopic (exact) mass is 318 g/mol. The van der Waals surface area contributed by atoms with Gasteiger partial charge in [0.25, 0.3) is 0 Å². The van der Waals surface area contributed by atoms with Crippen LogP contribution in [0.4, 0.5) is 0 Å². The molecule has 0 amide bonds. The lowest BCUT2D eigenvalue weighted by Crippen LogP contribution is -2.55. The fourth-order valence-electron chi connectivity index (χ4n) is 7.91. The van der Waals surface area contributed by atoms with E-state index in [-0.39, 0.29) is 5.41 Å². The lowest BCUT2D eigenvalue weighted by molar-refractivity contribution is -0.165. The maximum absolute atomic E-state index is 12.0. The zero-order valence-corrected chi connectivity index (χ0v) is 15.2. The Labute approximate surface area is 141 Å². The molecule has 0 aromatic rings. The normalized spacial score (nSPS) is 55.6. The van der Waals surface area contributed by atoms with Crippen LogP contribution in [0.5, 0.6) is 0 Å². The summed E-state index contributed by atoms with van der Waals surface area (Å²) in [4.78, 5) is 12.0. The van der Waals surface area contributed by atoms with Gasteiger partial charge in [-0.15, -0.1) is 0 Å². The largest absolute Gasteiger partial charge is 0.481 e. The van der Waals surface area contributed by atoms with E-state index in [4.69, 9.17) is 0 Å². The van der Waals surface area contributed by atoms with Gasteiger partial charge in [0.2, 0.25) is 0 Å². The minimum absolute atomic E-state index is 0.0257. The standard InChI is InChI=1S/C21H34O2/c1-19-11-5-4-6-14(19)7-8-15-16(19)9-12-20(2)17(15)10-13-21(20,3)18(22)23/h14-17H,4-13H2,1-3H3,(H,22,23)/t14?,15-,16-,17+,19+,20+,21?/m1/s1. The second kappa shape index (κ2) is 4.99. The fraction of sp³-hybridized carbons (Fsp3) is 0.952. The zero-order chi connectivity index (χ0) is 16.5. The lowest BCUT2D eigenvalue weighted by Gasteiger charge is -2.61. The molecule has 0 aromatic heterocycles. The fourth-order valence-corrected chi connectivity index (χ4v) is 7.91. The number of rotatable bonds is 1. The third-order valence-electron chi connectivity index (χ3n) is 9.66. The van der Waals surface area contributed by atoms with E-state index in [0.29, 0.717) is 11.3 Å². The number of aliphatic carboxylic acids is 1. The molecular weight excluding hydrogens is 284 g/mol. The van der Waals surface area contributed by atoms with Crippen molar-refractivity contribution in [2.75, 3.05) is 0 Å². The molecule has 4 aliphatic rings. The van der Waals surface area contributed by atoms with E-state index >= 15 is 0 Å². The van der Waals surface area contributed by atoms with Gasteiger partial charge in [-0.3, -0.25) is 4.79 Å². The van der Waals surface area contributed by atoms with Gasteiger partial charge in [0, 0.05) is 0 Å². The summed E-state index contributed by atoms with van der Waals surface area (Å²) < 4.78 is 0. The molecule has 4 saturated carbocycles. The van der Waals surface area contributed by atoms with Gasteiger partial charge in [0.1, 0.15) is 0 Å². The number of hydrogen-bond donors (Lipinski definition) is 1. The van der Waals surface area contributed by atoms with Crippen molar-refractivity contribution in [2.24, 2.45) is 39.9 Å². The van der Waals surface area contributed by atoms with Crippen molar-refractivity contribution in [3.05, 3.63) is 0 Å². The highest BCUT2D eigenvalue weighted by Gasteiger charge is 2.65. The molecule has 0 aromatic carbocycles.